The van der Waals surface area contributed by atoms with Gasteiger partial charge in [0.1, 0.15) is 0 Å². The van der Waals surface area contributed by atoms with Crippen LogP contribution in [0.3, 0.4) is 0 Å². The van der Waals surface area contributed by atoms with Gasteiger partial charge in [-0.05, 0) is 49.9 Å². The predicted octanol–water partition coefficient (Wildman–Crippen LogP) is 3.83. The van der Waals surface area contributed by atoms with Crippen LogP contribution < -0.4 is 0 Å². The molecule has 0 aromatic carbocycles. The molecule has 0 saturated carbocycles. The molecule has 3 nitrogen and oxygen atoms in total. The van der Waals surface area contributed by atoms with E-state index in [1.54, 1.807) is 11.3 Å². The molecule has 1 fully saturated rings. The molecule has 0 radical (unpaired) electrons. The molecule has 2 aromatic rings. The molecular weight excluding hydrogens is 314 g/mol. The molecule has 1 aliphatic rings. The Hall–Kier alpha value is -0.720. The Morgan fingerprint density at radius 2 is 2.32 bits per heavy atom. The van der Waals surface area contributed by atoms with Crippen LogP contribution in [0.4, 0.5) is 0 Å². The van der Waals surface area contributed by atoms with E-state index in [0.717, 1.165) is 6.54 Å². The molecule has 5 heteroatoms. The molecule has 0 bridgehead atoms. The number of thiophene rings is 2. The maximum atomic E-state index is 10.2. The van der Waals surface area contributed by atoms with Crippen molar-refractivity contribution in [1.82, 2.24) is 4.90 Å². The van der Waals surface area contributed by atoms with E-state index in [9.17, 15) is 5.11 Å². The van der Waals surface area contributed by atoms with Crippen molar-refractivity contribution in [3.63, 3.8) is 0 Å². The van der Waals surface area contributed by atoms with Gasteiger partial charge in [-0.2, -0.15) is 0 Å². The van der Waals surface area contributed by atoms with Gasteiger partial charge in [-0.25, -0.2) is 0 Å². The monoisotopic (exact) mass is 337 g/mol. The topological polar surface area (TPSA) is 32.7 Å². The molecule has 1 aliphatic heterocycles. The Bertz CT molecular complexity index is 567. The second kappa shape index (κ2) is 7.70. The Balaban J connectivity index is 1.46. The third-order valence-electron chi connectivity index (χ3n) is 4.03. The third kappa shape index (κ3) is 4.18. The lowest BCUT2D eigenvalue weighted by atomic mass is 10.2. The van der Waals surface area contributed by atoms with Gasteiger partial charge in [-0.1, -0.05) is 6.07 Å². The SMILES string of the molecule is Cc1ccc(C2CCCN2CC(O)COCc2cccs2)s1. The van der Waals surface area contributed by atoms with Gasteiger partial charge in [-0.15, -0.1) is 22.7 Å². The van der Waals surface area contributed by atoms with Crippen LogP contribution in [-0.2, 0) is 11.3 Å². The average Bonchev–Trinajstić information content (AvgIpc) is 3.20. The number of β-amino-alcohol motifs (C(OH)–C–C–N with tert-alkyl or cyclic N) is 1. The van der Waals surface area contributed by atoms with Crippen molar-refractivity contribution in [1.29, 1.82) is 0 Å². The van der Waals surface area contributed by atoms with Gasteiger partial charge in [0.25, 0.3) is 0 Å². The number of hydrogen-bond acceptors (Lipinski definition) is 5. The molecule has 0 aliphatic carbocycles. The Labute approximate surface area is 140 Å². The summed E-state index contributed by atoms with van der Waals surface area (Å²) in [5.74, 6) is 0. The lowest BCUT2D eigenvalue weighted by Gasteiger charge is -2.26. The molecule has 2 aromatic heterocycles. The first kappa shape index (κ1) is 16.1. The van der Waals surface area contributed by atoms with Gasteiger partial charge in [0, 0.05) is 27.2 Å². The molecular formula is C17H23NO2S2. The lowest BCUT2D eigenvalue weighted by molar-refractivity contribution is 0.00868. The van der Waals surface area contributed by atoms with Crippen molar-refractivity contribution in [3.05, 3.63) is 44.3 Å². The number of aliphatic hydroxyl groups is 1. The summed E-state index contributed by atoms with van der Waals surface area (Å²) in [5, 5.41) is 12.3. The number of rotatable bonds is 7. The summed E-state index contributed by atoms with van der Waals surface area (Å²) in [6.45, 7) is 4.93. The second-order valence-corrected chi connectivity index (χ2v) is 8.20. The zero-order valence-electron chi connectivity index (χ0n) is 12.9. The number of nitrogens with zero attached hydrogens (tertiary/aromatic N) is 1. The predicted molar refractivity (Wildman–Crippen MR) is 92.6 cm³/mol. The van der Waals surface area contributed by atoms with E-state index in [4.69, 9.17) is 4.74 Å². The fraction of sp³-hybridized carbons (Fsp3) is 0.529. The van der Waals surface area contributed by atoms with E-state index >= 15 is 0 Å². The summed E-state index contributed by atoms with van der Waals surface area (Å²) in [7, 11) is 0. The van der Waals surface area contributed by atoms with Crippen molar-refractivity contribution >= 4 is 22.7 Å². The van der Waals surface area contributed by atoms with Crippen molar-refractivity contribution < 1.29 is 9.84 Å². The summed E-state index contributed by atoms with van der Waals surface area (Å²) < 4.78 is 5.63. The quantitative estimate of drug-likeness (QED) is 0.833. The molecule has 1 saturated heterocycles. The lowest BCUT2D eigenvalue weighted by Crippen LogP contribution is -2.34. The fourth-order valence-electron chi connectivity index (χ4n) is 3.01. The molecule has 2 atom stereocenters. The maximum Gasteiger partial charge on any atom is 0.0900 e. The van der Waals surface area contributed by atoms with E-state index in [0.29, 0.717) is 25.8 Å². The average molecular weight is 338 g/mol. The van der Waals surface area contributed by atoms with Gasteiger partial charge < -0.3 is 9.84 Å². The first-order chi connectivity index (χ1) is 10.7. The zero-order valence-corrected chi connectivity index (χ0v) is 14.5. The standard InChI is InChI=1S/C17H23NO2S2/c1-13-6-7-17(22-13)16-5-2-8-18(16)10-14(19)11-20-12-15-4-3-9-21-15/h3-4,6-7,9,14,16,19H,2,5,8,10-12H2,1H3. The highest BCUT2D eigenvalue weighted by atomic mass is 32.1. The highest BCUT2D eigenvalue weighted by molar-refractivity contribution is 7.12. The van der Waals surface area contributed by atoms with E-state index in [2.05, 4.69) is 30.0 Å². The highest BCUT2D eigenvalue weighted by Crippen LogP contribution is 2.35. The van der Waals surface area contributed by atoms with E-state index in [1.807, 2.05) is 22.8 Å². The maximum absolute atomic E-state index is 10.2. The van der Waals surface area contributed by atoms with Crippen LogP contribution in [0.1, 0.15) is 33.5 Å². The van der Waals surface area contributed by atoms with Crippen LogP contribution in [0.15, 0.2) is 29.6 Å². The van der Waals surface area contributed by atoms with E-state index in [-0.39, 0.29) is 0 Å². The van der Waals surface area contributed by atoms with Crippen molar-refractivity contribution in [2.45, 2.75) is 38.5 Å². The molecule has 0 spiro atoms. The normalized spacial score (nSPS) is 20.5. The fourth-order valence-corrected chi connectivity index (χ4v) is 4.70. The van der Waals surface area contributed by atoms with Crippen LogP contribution in [0.5, 0.6) is 0 Å². The smallest absolute Gasteiger partial charge is 0.0900 e. The number of likely N-dealkylation sites (tertiary alicyclic amines) is 1. The molecule has 2 unspecified atom stereocenters. The minimum atomic E-state index is -0.415. The Morgan fingerprint density at radius 3 is 3.05 bits per heavy atom. The molecule has 3 heterocycles. The molecule has 22 heavy (non-hydrogen) atoms. The second-order valence-electron chi connectivity index (χ2n) is 5.85. The van der Waals surface area contributed by atoms with Gasteiger partial charge in [0.05, 0.1) is 19.3 Å². The minimum Gasteiger partial charge on any atom is -0.389 e. The van der Waals surface area contributed by atoms with Crippen LogP contribution in [-0.4, -0.2) is 35.8 Å². The van der Waals surface area contributed by atoms with Gasteiger partial charge in [0.2, 0.25) is 0 Å². The van der Waals surface area contributed by atoms with Crippen LogP contribution >= 0.6 is 22.7 Å². The molecule has 3 rings (SSSR count). The summed E-state index contributed by atoms with van der Waals surface area (Å²) in [4.78, 5) is 6.41. The summed E-state index contributed by atoms with van der Waals surface area (Å²) >= 11 is 3.57. The van der Waals surface area contributed by atoms with Crippen LogP contribution in [0.2, 0.25) is 0 Å². The summed E-state index contributed by atoms with van der Waals surface area (Å²) in [6, 6.07) is 9.00. The van der Waals surface area contributed by atoms with Gasteiger partial charge >= 0.3 is 0 Å². The number of aryl methyl sites for hydroxylation is 1. The number of aliphatic hydroxyl groups excluding tert-OH is 1. The Kier molecular flexibility index (Phi) is 5.66. The zero-order chi connectivity index (χ0) is 15.4. The van der Waals surface area contributed by atoms with E-state index < -0.39 is 6.10 Å². The van der Waals surface area contributed by atoms with Gasteiger partial charge in [0.15, 0.2) is 0 Å². The first-order valence-corrected chi connectivity index (χ1v) is 9.50. The van der Waals surface area contributed by atoms with E-state index in [1.165, 1.54) is 27.5 Å². The number of ether oxygens (including phenoxy) is 1. The van der Waals surface area contributed by atoms with Crippen molar-refractivity contribution in [2.24, 2.45) is 0 Å². The minimum absolute atomic E-state index is 0.407. The van der Waals surface area contributed by atoms with Crippen molar-refractivity contribution in [3.8, 4) is 0 Å². The largest absolute Gasteiger partial charge is 0.389 e. The van der Waals surface area contributed by atoms with Gasteiger partial charge in [-0.3, -0.25) is 4.90 Å². The summed E-state index contributed by atoms with van der Waals surface area (Å²) in [6.07, 6.45) is 1.99. The summed E-state index contributed by atoms with van der Waals surface area (Å²) in [5.41, 5.74) is 0. The molecule has 1 N–H and O–H groups in total. The third-order valence-corrected chi connectivity index (χ3v) is 5.98. The molecule has 120 valence electrons. The first-order valence-electron chi connectivity index (χ1n) is 7.81. The van der Waals surface area contributed by atoms with Crippen LogP contribution in [0.25, 0.3) is 0 Å². The number of hydrogen-bond donors (Lipinski definition) is 1. The van der Waals surface area contributed by atoms with Crippen molar-refractivity contribution in [2.75, 3.05) is 19.7 Å². The van der Waals surface area contributed by atoms with Crippen LogP contribution in [0, 0.1) is 6.92 Å². The Morgan fingerprint density at radius 1 is 1.41 bits per heavy atom. The highest BCUT2D eigenvalue weighted by Gasteiger charge is 2.28. The molecule has 0 amide bonds.